The molecule has 2 heterocycles. The Morgan fingerprint density at radius 3 is 2.36 bits per heavy atom. The van der Waals surface area contributed by atoms with Gasteiger partial charge in [-0.15, -0.1) is 0 Å². The Labute approximate surface area is 192 Å². The van der Waals surface area contributed by atoms with Crippen LogP contribution in [0.3, 0.4) is 0 Å². The van der Waals surface area contributed by atoms with Gasteiger partial charge in [0.15, 0.2) is 0 Å². The number of para-hydroxylation sites is 3. The second kappa shape index (κ2) is 10.1. The third kappa shape index (κ3) is 5.25. The minimum atomic E-state index is -0.378. The number of amides is 4. The molecule has 3 aromatic rings. The molecule has 1 aliphatic rings. The standard InChI is InChI=1S/C24H28N6O3/c1-17-7-3-4-8-19(17)27-24(32)29-15-12-18(13-16-29)30-22(11-14-25-30)28-23(31)26-20-9-5-6-10-21(20)33-2/h3-11,14,18H,12-13,15-16H2,1-2H3,(H,27,32)(H2,26,28,31). The van der Waals surface area contributed by atoms with E-state index in [1.54, 1.807) is 31.5 Å². The molecule has 0 atom stereocenters. The summed E-state index contributed by atoms with van der Waals surface area (Å²) < 4.78 is 7.09. The predicted molar refractivity (Wildman–Crippen MR) is 128 cm³/mol. The molecule has 1 aromatic heterocycles. The number of likely N-dealkylation sites (tertiary alicyclic amines) is 1. The molecule has 9 heteroatoms. The average Bonchev–Trinajstić information content (AvgIpc) is 3.29. The van der Waals surface area contributed by atoms with Gasteiger partial charge >= 0.3 is 12.1 Å². The molecule has 3 N–H and O–H groups in total. The number of benzene rings is 2. The molecule has 0 aliphatic carbocycles. The summed E-state index contributed by atoms with van der Waals surface area (Å²) in [6.07, 6.45) is 3.15. The Balaban J connectivity index is 1.33. The number of carbonyl (C=O) groups is 2. The molecule has 1 fully saturated rings. The SMILES string of the molecule is COc1ccccc1NC(=O)Nc1ccnn1C1CCN(C(=O)Nc2ccccc2C)CC1. The highest BCUT2D eigenvalue weighted by molar-refractivity contribution is 6.00. The zero-order valence-electron chi connectivity index (χ0n) is 18.7. The lowest BCUT2D eigenvalue weighted by molar-refractivity contribution is 0.181. The van der Waals surface area contributed by atoms with Crippen molar-refractivity contribution < 1.29 is 14.3 Å². The van der Waals surface area contributed by atoms with Crippen molar-refractivity contribution >= 4 is 29.3 Å². The molecule has 0 radical (unpaired) electrons. The molecule has 4 rings (SSSR count). The number of hydrogen-bond acceptors (Lipinski definition) is 4. The molecule has 4 amide bonds. The van der Waals surface area contributed by atoms with Gasteiger partial charge < -0.3 is 20.3 Å². The second-order valence-electron chi connectivity index (χ2n) is 7.90. The lowest BCUT2D eigenvalue weighted by atomic mass is 10.1. The minimum Gasteiger partial charge on any atom is -0.495 e. The number of aromatic nitrogens is 2. The highest BCUT2D eigenvalue weighted by atomic mass is 16.5. The number of anilines is 3. The second-order valence-corrected chi connectivity index (χ2v) is 7.90. The maximum absolute atomic E-state index is 12.7. The van der Waals surface area contributed by atoms with Gasteiger partial charge in [0, 0.05) is 24.8 Å². The van der Waals surface area contributed by atoms with Crippen molar-refractivity contribution in [1.82, 2.24) is 14.7 Å². The van der Waals surface area contributed by atoms with Gasteiger partial charge in [0.2, 0.25) is 0 Å². The summed E-state index contributed by atoms with van der Waals surface area (Å²) in [7, 11) is 1.56. The smallest absolute Gasteiger partial charge is 0.324 e. The lowest BCUT2D eigenvalue weighted by Gasteiger charge is -2.32. The van der Waals surface area contributed by atoms with Crippen molar-refractivity contribution in [3.63, 3.8) is 0 Å². The van der Waals surface area contributed by atoms with Gasteiger partial charge in [-0.2, -0.15) is 5.10 Å². The van der Waals surface area contributed by atoms with Crippen LogP contribution in [0.2, 0.25) is 0 Å². The molecule has 0 unspecified atom stereocenters. The minimum absolute atomic E-state index is 0.0871. The highest BCUT2D eigenvalue weighted by Crippen LogP contribution is 2.27. The molecule has 33 heavy (non-hydrogen) atoms. The van der Waals surface area contributed by atoms with Crippen molar-refractivity contribution in [2.75, 3.05) is 36.1 Å². The van der Waals surface area contributed by atoms with Crippen LogP contribution in [-0.2, 0) is 0 Å². The maximum Gasteiger partial charge on any atom is 0.324 e. The first-order valence-electron chi connectivity index (χ1n) is 10.9. The summed E-state index contributed by atoms with van der Waals surface area (Å²) in [5, 5.41) is 13.1. The Hall–Kier alpha value is -4.01. The van der Waals surface area contributed by atoms with Gasteiger partial charge in [-0.25, -0.2) is 14.3 Å². The van der Waals surface area contributed by atoms with Crippen LogP contribution in [-0.4, -0.2) is 46.9 Å². The largest absolute Gasteiger partial charge is 0.495 e. The molecular weight excluding hydrogens is 420 g/mol. The van der Waals surface area contributed by atoms with Crippen molar-refractivity contribution in [2.24, 2.45) is 0 Å². The third-order valence-electron chi connectivity index (χ3n) is 5.75. The van der Waals surface area contributed by atoms with Crippen LogP contribution in [0.15, 0.2) is 60.8 Å². The number of rotatable bonds is 5. The first kappa shape index (κ1) is 22.2. The van der Waals surface area contributed by atoms with Crippen molar-refractivity contribution in [1.29, 1.82) is 0 Å². The zero-order valence-corrected chi connectivity index (χ0v) is 18.7. The van der Waals surface area contributed by atoms with E-state index in [1.807, 2.05) is 52.9 Å². The summed E-state index contributed by atoms with van der Waals surface area (Å²) in [6, 6.07) is 16.3. The van der Waals surface area contributed by atoms with E-state index in [4.69, 9.17) is 4.74 Å². The van der Waals surface area contributed by atoms with Crippen LogP contribution in [0.25, 0.3) is 0 Å². The molecule has 0 bridgehead atoms. The normalized spacial score (nSPS) is 13.9. The van der Waals surface area contributed by atoms with E-state index in [0.717, 1.165) is 24.1 Å². The number of carbonyl (C=O) groups excluding carboxylic acids is 2. The molecule has 1 aliphatic heterocycles. The van der Waals surface area contributed by atoms with Crippen LogP contribution in [0, 0.1) is 6.92 Å². The molecule has 172 valence electrons. The van der Waals surface area contributed by atoms with Crippen LogP contribution in [0.4, 0.5) is 26.8 Å². The monoisotopic (exact) mass is 448 g/mol. The number of methoxy groups -OCH3 is 1. The number of hydrogen-bond donors (Lipinski definition) is 3. The van der Waals surface area contributed by atoms with Crippen LogP contribution in [0.1, 0.15) is 24.4 Å². The van der Waals surface area contributed by atoms with Gasteiger partial charge in [-0.05, 0) is 43.5 Å². The van der Waals surface area contributed by atoms with Gasteiger partial charge in [0.1, 0.15) is 11.6 Å². The quantitative estimate of drug-likeness (QED) is 0.526. The first-order valence-corrected chi connectivity index (χ1v) is 10.9. The lowest BCUT2D eigenvalue weighted by Crippen LogP contribution is -2.41. The number of ether oxygens (including phenoxy) is 1. The molecule has 0 saturated carbocycles. The summed E-state index contributed by atoms with van der Waals surface area (Å²) in [6.45, 7) is 3.18. The van der Waals surface area contributed by atoms with E-state index in [0.29, 0.717) is 30.3 Å². The van der Waals surface area contributed by atoms with Crippen molar-refractivity contribution in [2.45, 2.75) is 25.8 Å². The van der Waals surface area contributed by atoms with E-state index in [9.17, 15) is 9.59 Å². The fourth-order valence-corrected chi connectivity index (χ4v) is 3.94. The summed E-state index contributed by atoms with van der Waals surface area (Å²) in [5.41, 5.74) is 2.43. The zero-order chi connectivity index (χ0) is 23.2. The highest BCUT2D eigenvalue weighted by Gasteiger charge is 2.26. The van der Waals surface area contributed by atoms with E-state index >= 15 is 0 Å². The number of nitrogens with one attached hydrogen (secondary N) is 3. The number of nitrogens with zero attached hydrogens (tertiary/aromatic N) is 3. The van der Waals surface area contributed by atoms with E-state index in [1.165, 1.54) is 0 Å². The Morgan fingerprint density at radius 1 is 0.939 bits per heavy atom. The molecule has 2 aromatic carbocycles. The number of piperidine rings is 1. The van der Waals surface area contributed by atoms with E-state index in [-0.39, 0.29) is 18.1 Å². The predicted octanol–water partition coefficient (Wildman–Crippen LogP) is 4.71. The van der Waals surface area contributed by atoms with Gasteiger partial charge in [-0.1, -0.05) is 30.3 Å². The van der Waals surface area contributed by atoms with Gasteiger partial charge in [-0.3, -0.25) is 5.32 Å². The number of aryl methyl sites for hydroxylation is 1. The fourth-order valence-electron chi connectivity index (χ4n) is 3.94. The summed E-state index contributed by atoms with van der Waals surface area (Å²) in [5.74, 6) is 1.18. The number of urea groups is 2. The fraction of sp³-hybridized carbons (Fsp3) is 0.292. The summed E-state index contributed by atoms with van der Waals surface area (Å²) in [4.78, 5) is 27.0. The third-order valence-corrected chi connectivity index (χ3v) is 5.75. The van der Waals surface area contributed by atoms with Crippen LogP contribution < -0.4 is 20.7 Å². The Morgan fingerprint density at radius 2 is 1.64 bits per heavy atom. The average molecular weight is 449 g/mol. The molecule has 0 spiro atoms. The van der Waals surface area contributed by atoms with Gasteiger partial charge in [0.25, 0.3) is 0 Å². The van der Waals surface area contributed by atoms with E-state index in [2.05, 4.69) is 21.0 Å². The Kier molecular flexibility index (Phi) is 6.77. The topological polar surface area (TPSA) is 101 Å². The van der Waals surface area contributed by atoms with Crippen LogP contribution >= 0.6 is 0 Å². The van der Waals surface area contributed by atoms with Crippen molar-refractivity contribution in [3.05, 3.63) is 66.4 Å². The molecule has 9 nitrogen and oxygen atoms in total. The molecular formula is C24H28N6O3. The van der Waals surface area contributed by atoms with E-state index < -0.39 is 0 Å². The summed E-state index contributed by atoms with van der Waals surface area (Å²) >= 11 is 0. The van der Waals surface area contributed by atoms with Crippen molar-refractivity contribution in [3.8, 4) is 5.75 Å². The van der Waals surface area contributed by atoms with Gasteiger partial charge in [0.05, 0.1) is 25.0 Å². The Bertz CT molecular complexity index is 1120. The molecule has 1 saturated heterocycles. The first-order chi connectivity index (χ1) is 16.0. The maximum atomic E-state index is 12.7. The van der Waals surface area contributed by atoms with Crippen LogP contribution in [0.5, 0.6) is 5.75 Å².